The van der Waals surface area contributed by atoms with Crippen molar-refractivity contribution in [2.45, 2.75) is 19.8 Å². The highest BCUT2D eigenvalue weighted by atomic mass is 32.1. The van der Waals surface area contributed by atoms with E-state index in [0.717, 1.165) is 0 Å². The summed E-state index contributed by atoms with van der Waals surface area (Å²) >= 11 is 1.20. The van der Waals surface area contributed by atoms with Gasteiger partial charge in [-0.3, -0.25) is 9.59 Å². The largest absolute Gasteiger partial charge is 0.466 e. The molecule has 1 N–H and O–H groups in total. The third-order valence-electron chi connectivity index (χ3n) is 1.67. The summed E-state index contributed by atoms with van der Waals surface area (Å²) in [6.07, 6.45) is -0.134. The van der Waals surface area contributed by atoms with Gasteiger partial charge in [0.15, 0.2) is 5.13 Å². The van der Waals surface area contributed by atoms with Gasteiger partial charge in [0.2, 0.25) is 5.91 Å². The number of carbonyl (C=O) groups excluding carboxylic acids is 2. The van der Waals surface area contributed by atoms with Crippen molar-refractivity contribution < 1.29 is 14.3 Å². The van der Waals surface area contributed by atoms with Crippen molar-refractivity contribution >= 4 is 28.3 Å². The van der Waals surface area contributed by atoms with Crippen molar-refractivity contribution in [3.05, 3.63) is 11.1 Å². The Bertz CT molecular complexity index is 450. The SMILES string of the molecule is CCOC(=O)Cc1csc(NC(=O)CC#N)n1. The number of nitrogens with one attached hydrogen (secondary N) is 1. The molecule has 90 valence electrons. The number of nitriles is 1. The molecular formula is C10H11N3O3S. The Labute approximate surface area is 102 Å². The van der Waals surface area contributed by atoms with Gasteiger partial charge in [0.05, 0.1) is 24.8 Å². The maximum absolute atomic E-state index is 11.2. The van der Waals surface area contributed by atoms with Gasteiger partial charge in [-0.15, -0.1) is 11.3 Å². The molecule has 0 radical (unpaired) electrons. The third kappa shape index (κ3) is 4.61. The first-order valence-electron chi connectivity index (χ1n) is 4.92. The molecule has 1 amide bonds. The van der Waals surface area contributed by atoms with Crippen LogP contribution in [0.15, 0.2) is 5.38 Å². The van der Waals surface area contributed by atoms with Crippen LogP contribution in [0, 0.1) is 11.3 Å². The standard InChI is InChI=1S/C10H11N3O3S/c1-2-16-9(15)5-7-6-17-10(12-7)13-8(14)3-4-11/h6H,2-3,5H2,1H3,(H,12,13,14). The minimum Gasteiger partial charge on any atom is -0.466 e. The first-order chi connectivity index (χ1) is 8.15. The first-order valence-corrected chi connectivity index (χ1v) is 5.80. The van der Waals surface area contributed by atoms with Crippen LogP contribution in [0.5, 0.6) is 0 Å². The molecule has 1 aromatic heterocycles. The normalized spacial score (nSPS) is 9.41. The number of ether oxygens (including phenoxy) is 1. The van der Waals surface area contributed by atoms with Gasteiger partial charge in [0, 0.05) is 5.38 Å². The van der Waals surface area contributed by atoms with Crippen LogP contribution in [0.25, 0.3) is 0 Å². The van der Waals surface area contributed by atoms with Crippen molar-refractivity contribution in [3.63, 3.8) is 0 Å². The number of anilines is 1. The van der Waals surface area contributed by atoms with E-state index in [1.165, 1.54) is 11.3 Å². The number of rotatable bonds is 5. The minimum absolute atomic E-state index is 0.0818. The highest BCUT2D eigenvalue weighted by Crippen LogP contribution is 2.16. The first kappa shape index (κ1) is 13.1. The Morgan fingerprint density at radius 2 is 2.41 bits per heavy atom. The molecule has 0 atom stereocenters. The van der Waals surface area contributed by atoms with Crippen LogP contribution in [0.1, 0.15) is 19.0 Å². The Hall–Kier alpha value is -1.94. The third-order valence-corrected chi connectivity index (χ3v) is 2.48. The van der Waals surface area contributed by atoms with E-state index in [1.54, 1.807) is 18.4 Å². The van der Waals surface area contributed by atoms with Gasteiger partial charge >= 0.3 is 5.97 Å². The van der Waals surface area contributed by atoms with Gasteiger partial charge in [-0.05, 0) is 6.92 Å². The van der Waals surface area contributed by atoms with E-state index in [-0.39, 0.29) is 18.8 Å². The maximum Gasteiger partial charge on any atom is 0.311 e. The summed E-state index contributed by atoms with van der Waals surface area (Å²) in [4.78, 5) is 26.3. The van der Waals surface area contributed by atoms with E-state index in [0.29, 0.717) is 17.4 Å². The van der Waals surface area contributed by atoms with Crippen molar-refractivity contribution in [3.8, 4) is 6.07 Å². The van der Waals surface area contributed by atoms with Crippen LogP contribution < -0.4 is 5.32 Å². The van der Waals surface area contributed by atoms with Gasteiger partial charge in [-0.25, -0.2) is 4.98 Å². The van der Waals surface area contributed by atoms with Crippen LogP contribution >= 0.6 is 11.3 Å². The predicted molar refractivity (Wildman–Crippen MR) is 61.3 cm³/mol. The number of thiazole rings is 1. The number of amides is 1. The zero-order valence-corrected chi connectivity index (χ0v) is 10.0. The van der Waals surface area contributed by atoms with Gasteiger partial charge < -0.3 is 10.1 Å². The zero-order chi connectivity index (χ0) is 12.7. The van der Waals surface area contributed by atoms with Crippen LogP contribution in [-0.4, -0.2) is 23.5 Å². The lowest BCUT2D eigenvalue weighted by Gasteiger charge is -1.98. The summed E-state index contributed by atoms with van der Waals surface area (Å²) in [5.41, 5.74) is 0.542. The molecule has 0 saturated carbocycles. The Balaban J connectivity index is 2.51. The fourth-order valence-electron chi connectivity index (χ4n) is 1.04. The van der Waals surface area contributed by atoms with E-state index >= 15 is 0 Å². The molecule has 6 nitrogen and oxygen atoms in total. The minimum atomic E-state index is -0.412. The maximum atomic E-state index is 11.2. The van der Waals surface area contributed by atoms with Crippen molar-refractivity contribution in [1.82, 2.24) is 4.98 Å². The van der Waals surface area contributed by atoms with E-state index in [1.807, 2.05) is 0 Å². The van der Waals surface area contributed by atoms with Crippen LogP contribution in [-0.2, 0) is 20.7 Å². The highest BCUT2D eigenvalue weighted by molar-refractivity contribution is 7.13. The van der Waals surface area contributed by atoms with Crippen molar-refractivity contribution in [2.24, 2.45) is 0 Å². The lowest BCUT2D eigenvalue weighted by Crippen LogP contribution is -2.10. The average molecular weight is 253 g/mol. The molecule has 1 aromatic rings. The second-order valence-corrected chi connectivity index (χ2v) is 3.87. The molecule has 17 heavy (non-hydrogen) atoms. The van der Waals surface area contributed by atoms with Crippen LogP contribution in [0.3, 0.4) is 0 Å². The monoisotopic (exact) mass is 253 g/mol. The summed E-state index contributed by atoms with van der Waals surface area (Å²) in [6, 6.07) is 1.73. The lowest BCUT2D eigenvalue weighted by atomic mass is 10.3. The van der Waals surface area contributed by atoms with E-state index < -0.39 is 5.91 Å². The molecule has 0 aromatic carbocycles. The van der Waals surface area contributed by atoms with E-state index in [9.17, 15) is 9.59 Å². The second-order valence-electron chi connectivity index (χ2n) is 3.01. The Morgan fingerprint density at radius 1 is 1.65 bits per heavy atom. The molecule has 0 spiro atoms. The number of esters is 1. The van der Waals surface area contributed by atoms with E-state index in [2.05, 4.69) is 10.3 Å². The van der Waals surface area contributed by atoms with Gasteiger partial charge in [0.1, 0.15) is 6.42 Å². The molecule has 0 aliphatic carbocycles. The summed E-state index contributed by atoms with van der Waals surface area (Å²) in [7, 11) is 0. The smallest absolute Gasteiger partial charge is 0.311 e. The molecule has 1 rings (SSSR count). The lowest BCUT2D eigenvalue weighted by molar-refractivity contribution is -0.142. The zero-order valence-electron chi connectivity index (χ0n) is 9.23. The van der Waals surface area contributed by atoms with Crippen LogP contribution in [0.2, 0.25) is 0 Å². The fourth-order valence-corrected chi connectivity index (χ4v) is 1.77. The van der Waals surface area contributed by atoms with Crippen LogP contribution in [0.4, 0.5) is 5.13 Å². The topological polar surface area (TPSA) is 92.1 Å². The molecule has 0 aliphatic rings. The fraction of sp³-hybridized carbons (Fsp3) is 0.400. The van der Waals surface area contributed by atoms with E-state index in [4.69, 9.17) is 10.00 Å². The number of carbonyl (C=O) groups is 2. The highest BCUT2D eigenvalue weighted by Gasteiger charge is 2.09. The molecular weight excluding hydrogens is 242 g/mol. The second kappa shape index (κ2) is 6.60. The van der Waals surface area contributed by atoms with Crippen molar-refractivity contribution in [1.29, 1.82) is 5.26 Å². The number of aromatic nitrogens is 1. The molecule has 0 saturated heterocycles. The van der Waals surface area contributed by atoms with Gasteiger partial charge in [0.25, 0.3) is 0 Å². The van der Waals surface area contributed by atoms with Gasteiger partial charge in [-0.2, -0.15) is 5.26 Å². The molecule has 0 bridgehead atoms. The molecule has 1 heterocycles. The predicted octanol–water partition coefficient (Wildman–Crippen LogP) is 1.10. The number of hydrogen-bond acceptors (Lipinski definition) is 6. The molecule has 0 fully saturated rings. The summed E-state index contributed by atoms with van der Waals surface area (Å²) in [5, 5.41) is 12.8. The van der Waals surface area contributed by atoms with Gasteiger partial charge in [-0.1, -0.05) is 0 Å². The number of nitrogens with zero attached hydrogens (tertiary/aromatic N) is 2. The summed E-state index contributed by atoms with van der Waals surface area (Å²) < 4.78 is 4.77. The Kier molecular flexibility index (Phi) is 5.10. The Morgan fingerprint density at radius 3 is 3.06 bits per heavy atom. The van der Waals surface area contributed by atoms with Crippen molar-refractivity contribution in [2.75, 3.05) is 11.9 Å². The molecule has 0 aliphatic heterocycles. The number of hydrogen-bond donors (Lipinski definition) is 1. The average Bonchev–Trinajstić information content (AvgIpc) is 2.66. The summed E-state index contributed by atoms with van der Waals surface area (Å²) in [6.45, 7) is 2.06. The molecule has 7 heteroatoms. The molecule has 0 unspecified atom stereocenters. The quantitative estimate of drug-likeness (QED) is 0.793. The summed E-state index contributed by atoms with van der Waals surface area (Å²) in [5.74, 6) is -0.766.